The summed E-state index contributed by atoms with van der Waals surface area (Å²) in [5.74, 6) is 0. The first-order valence-corrected chi connectivity index (χ1v) is 7.32. The van der Waals surface area contributed by atoms with E-state index in [0.29, 0.717) is 5.02 Å². The third-order valence-corrected chi connectivity index (χ3v) is 4.29. The van der Waals surface area contributed by atoms with Gasteiger partial charge in [-0.05, 0) is 30.3 Å². The maximum atomic E-state index is 12.1. The summed E-state index contributed by atoms with van der Waals surface area (Å²) in [5, 5.41) is 0.353. The molecule has 1 aromatic heterocycles. The summed E-state index contributed by atoms with van der Waals surface area (Å²) in [7, 11) is -3.79. The van der Waals surface area contributed by atoms with Crippen LogP contribution < -0.4 is 10.5 Å². The highest BCUT2D eigenvalue weighted by Gasteiger charge is 2.16. The van der Waals surface area contributed by atoms with Gasteiger partial charge in [-0.1, -0.05) is 23.2 Å². The number of anilines is 2. The van der Waals surface area contributed by atoms with Gasteiger partial charge in [-0.25, -0.2) is 13.4 Å². The number of pyridine rings is 1. The average Bonchev–Trinajstić information content (AvgIpc) is 2.35. The van der Waals surface area contributed by atoms with Crippen molar-refractivity contribution in [2.45, 2.75) is 4.90 Å². The van der Waals surface area contributed by atoms with Crippen LogP contribution in [0.25, 0.3) is 0 Å². The molecule has 0 radical (unpaired) electrons. The first-order chi connectivity index (χ1) is 8.90. The minimum absolute atomic E-state index is 0.00526. The van der Waals surface area contributed by atoms with E-state index in [0.717, 1.165) is 0 Å². The minimum Gasteiger partial charge on any atom is -0.397 e. The number of nitrogen functional groups attached to an aromatic ring is 1. The smallest absolute Gasteiger partial charge is 0.262 e. The summed E-state index contributed by atoms with van der Waals surface area (Å²) >= 11 is 11.5. The molecule has 0 fully saturated rings. The first-order valence-electron chi connectivity index (χ1n) is 5.08. The van der Waals surface area contributed by atoms with Crippen LogP contribution in [-0.2, 0) is 10.0 Å². The Balaban J connectivity index is 2.38. The number of rotatable bonds is 3. The van der Waals surface area contributed by atoms with Crippen molar-refractivity contribution < 1.29 is 8.42 Å². The molecule has 0 saturated heterocycles. The van der Waals surface area contributed by atoms with Gasteiger partial charge in [0.2, 0.25) is 0 Å². The molecular weight excluding hydrogens is 309 g/mol. The van der Waals surface area contributed by atoms with Crippen molar-refractivity contribution in [3.8, 4) is 0 Å². The van der Waals surface area contributed by atoms with Gasteiger partial charge in [0.25, 0.3) is 10.0 Å². The molecule has 0 saturated carbocycles. The van der Waals surface area contributed by atoms with Gasteiger partial charge < -0.3 is 5.73 Å². The lowest BCUT2D eigenvalue weighted by molar-refractivity contribution is 0.601. The fourth-order valence-corrected chi connectivity index (χ4v) is 2.80. The molecule has 5 nitrogen and oxygen atoms in total. The number of benzene rings is 1. The van der Waals surface area contributed by atoms with Crippen LogP contribution in [0.4, 0.5) is 11.4 Å². The highest BCUT2D eigenvalue weighted by molar-refractivity contribution is 7.92. The van der Waals surface area contributed by atoms with Gasteiger partial charge in [0.15, 0.2) is 5.15 Å². The predicted octanol–water partition coefficient (Wildman–Crippen LogP) is 2.77. The molecule has 0 bridgehead atoms. The SMILES string of the molecule is Nc1cc(S(=O)(=O)Nc2cccnc2Cl)ccc1Cl. The number of hydrogen-bond acceptors (Lipinski definition) is 4. The van der Waals surface area contributed by atoms with Crippen LogP contribution in [0, 0.1) is 0 Å². The lowest BCUT2D eigenvalue weighted by Crippen LogP contribution is -2.13. The Morgan fingerprint density at radius 3 is 2.58 bits per heavy atom. The number of nitrogens with one attached hydrogen (secondary N) is 1. The van der Waals surface area contributed by atoms with Gasteiger partial charge in [-0.3, -0.25) is 4.72 Å². The lowest BCUT2D eigenvalue weighted by atomic mass is 10.3. The maximum Gasteiger partial charge on any atom is 0.262 e. The Labute approximate surface area is 120 Å². The van der Waals surface area contributed by atoms with Crippen molar-refractivity contribution >= 4 is 44.6 Å². The molecule has 100 valence electrons. The Kier molecular flexibility index (Phi) is 3.84. The molecule has 0 atom stereocenters. The molecule has 2 rings (SSSR count). The fraction of sp³-hybridized carbons (Fsp3) is 0. The van der Waals surface area contributed by atoms with Crippen LogP contribution in [-0.4, -0.2) is 13.4 Å². The summed E-state index contributed by atoms with van der Waals surface area (Å²) in [5.41, 5.74) is 5.95. The molecule has 8 heteroatoms. The molecule has 0 aliphatic heterocycles. The van der Waals surface area contributed by atoms with E-state index >= 15 is 0 Å². The Morgan fingerprint density at radius 1 is 1.21 bits per heavy atom. The van der Waals surface area contributed by atoms with Gasteiger partial charge in [0.1, 0.15) is 0 Å². The van der Waals surface area contributed by atoms with E-state index in [1.807, 2.05) is 0 Å². The molecule has 0 aliphatic carbocycles. The highest BCUT2D eigenvalue weighted by Crippen LogP contribution is 2.25. The van der Waals surface area contributed by atoms with Crippen LogP contribution in [0.5, 0.6) is 0 Å². The third-order valence-electron chi connectivity index (χ3n) is 2.28. The second-order valence-corrected chi connectivity index (χ2v) is 6.08. The molecule has 0 unspecified atom stereocenters. The van der Waals surface area contributed by atoms with E-state index in [9.17, 15) is 8.42 Å². The van der Waals surface area contributed by atoms with E-state index in [2.05, 4.69) is 9.71 Å². The number of halogens is 2. The normalized spacial score (nSPS) is 11.3. The molecular formula is C11H9Cl2N3O2S. The molecule has 1 heterocycles. The van der Waals surface area contributed by atoms with Crippen LogP contribution in [0.15, 0.2) is 41.4 Å². The first kappa shape index (κ1) is 13.9. The number of nitrogens with zero attached hydrogens (tertiary/aromatic N) is 1. The van der Waals surface area contributed by atoms with Crippen molar-refractivity contribution in [1.82, 2.24) is 4.98 Å². The second-order valence-electron chi connectivity index (χ2n) is 3.63. The van der Waals surface area contributed by atoms with Crippen molar-refractivity contribution in [1.29, 1.82) is 0 Å². The van der Waals surface area contributed by atoms with Crippen LogP contribution in [0.2, 0.25) is 10.2 Å². The maximum absolute atomic E-state index is 12.1. The molecule has 0 amide bonds. The molecule has 1 aromatic carbocycles. The summed E-state index contributed by atoms with van der Waals surface area (Å²) < 4.78 is 26.6. The van der Waals surface area contributed by atoms with E-state index in [-0.39, 0.29) is 21.4 Å². The van der Waals surface area contributed by atoms with Crippen LogP contribution in [0.1, 0.15) is 0 Å². The minimum atomic E-state index is -3.79. The van der Waals surface area contributed by atoms with E-state index in [4.69, 9.17) is 28.9 Å². The van der Waals surface area contributed by atoms with Gasteiger partial charge in [-0.2, -0.15) is 0 Å². The zero-order valence-electron chi connectivity index (χ0n) is 9.47. The van der Waals surface area contributed by atoms with Crippen molar-refractivity contribution in [3.63, 3.8) is 0 Å². The Bertz CT molecular complexity index is 720. The lowest BCUT2D eigenvalue weighted by Gasteiger charge is -2.09. The molecule has 2 aromatic rings. The van der Waals surface area contributed by atoms with E-state index < -0.39 is 10.0 Å². The fourth-order valence-electron chi connectivity index (χ4n) is 1.35. The second kappa shape index (κ2) is 5.24. The molecule has 0 aliphatic rings. The quantitative estimate of drug-likeness (QED) is 0.673. The molecule has 0 spiro atoms. The van der Waals surface area contributed by atoms with Crippen molar-refractivity contribution in [3.05, 3.63) is 46.7 Å². The summed E-state index contributed by atoms with van der Waals surface area (Å²) in [6.45, 7) is 0. The summed E-state index contributed by atoms with van der Waals surface area (Å²) in [6, 6.07) is 7.11. The summed E-state index contributed by atoms with van der Waals surface area (Å²) in [4.78, 5) is 3.78. The number of aromatic nitrogens is 1. The van der Waals surface area contributed by atoms with E-state index in [1.54, 1.807) is 6.07 Å². The van der Waals surface area contributed by atoms with Crippen molar-refractivity contribution in [2.24, 2.45) is 0 Å². The zero-order valence-corrected chi connectivity index (χ0v) is 11.8. The largest absolute Gasteiger partial charge is 0.397 e. The van der Waals surface area contributed by atoms with Crippen molar-refractivity contribution in [2.75, 3.05) is 10.5 Å². The van der Waals surface area contributed by atoms with Gasteiger partial charge in [0, 0.05) is 6.20 Å². The third kappa shape index (κ3) is 3.09. The van der Waals surface area contributed by atoms with Gasteiger partial charge in [-0.15, -0.1) is 0 Å². The Morgan fingerprint density at radius 2 is 1.95 bits per heavy atom. The zero-order chi connectivity index (χ0) is 14.0. The summed E-state index contributed by atoms with van der Waals surface area (Å²) in [6.07, 6.45) is 1.46. The highest BCUT2D eigenvalue weighted by atomic mass is 35.5. The number of sulfonamides is 1. The number of nitrogens with two attached hydrogens (primary N) is 1. The standard InChI is InChI=1S/C11H9Cl2N3O2S/c12-8-4-3-7(6-9(8)14)19(17,18)16-10-2-1-5-15-11(10)13/h1-6,16H,14H2. The predicted molar refractivity (Wildman–Crippen MR) is 75.9 cm³/mol. The van der Waals surface area contributed by atoms with Gasteiger partial charge in [0.05, 0.1) is 21.3 Å². The van der Waals surface area contributed by atoms with Gasteiger partial charge >= 0.3 is 0 Å². The Hall–Kier alpha value is -1.50. The molecule has 3 N–H and O–H groups in total. The number of hydrogen-bond donors (Lipinski definition) is 2. The van der Waals surface area contributed by atoms with Crippen LogP contribution >= 0.6 is 23.2 Å². The topological polar surface area (TPSA) is 85.1 Å². The average molecular weight is 318 g/mol. The monoisotopic (exact) mass is 317 g/mol. The molecule has 19 heavy (non-hydrogen) atoms. The van der Waals surface area contributed by atoms with E-state index in [1.165, 1.54) is 30.5 Å². The van der Waals surface area contributed by atoms with Crippen LogP contribution in [0.3, 0.4) is 0 Å².